The first kappa shape index (κ1) is 15.6. The van der Waals surface area contributed by atoms with Crippen LogP contribution in [0.15, 0.2) is 0 Å². The zero-order valence-corrected chi connectivity index (χ0v) is 8.05. The third kappa shape index (κ3) is 44.3. The largest absolute Gasteiger partial charge is 2.00 e. The molecule has 0 aliphatic carbocycles. The maximum absolute atomic E-state index is 8.56. The quantitative estimate of drug-likeness (QED) is 0.346. The van der Waals surface area contributed by atoms with Crippen molar-refractivity contribution in [3.8, 4) is 0 Å². The summed E-state index contributed by atoms with van der Waals surface area (Å²) < 4.78 is 0. The van der Waals surface area contributed by atoms with Crippen molar-refractivity contribution in [1.29, 1.82) is 0 Å². The van der Waals surface area contributed by atoms with Crippen LogP contribution in [-0.2, 0) is 0 Å². The molecule has 0 heterocycles. The maximum Gasteiger partial charge on any atom is 2.00 e. The van der Waals surface area contributed by atoms with Gasteiger partial charge in [0.15, 0.2) is 0 Å². The van der Waals surface area contributed by atoms with E-state index in [2.05, 4.69) is 0 Å². The minimum Gasteiger partial charge on any atom is -1.00 e. The summed E-state index contributed by atoms with van der Waals surface area (Å²) >= 11 is 0. The first-order valence-electron chi connectivity index (χ1n) is 0.651. The third-order valence-electron chi connectivity index (χ3n) is 0. The van der Waals surface area contributed by atoms with E-state index in [-0.39, 0.29) is 78.7 Å². The van der Waals surface area contributed by atoms with Gasteiger partial charge in [0.2, 0.25) is 0 Å². The normalized spacial score (nSPS) is 4.00. The molecular formula is CH5KMgO3. The van der Waals surface area contributed by atoms with Gasteiger partial charge in [-0.15, -0.1) is 0 Å². The predicted octanol–water partition coefficient (Wildman–Crippen LogP) is -2.82. The summed E-state index contributed by atoms with van der Waals surface area (Å²) in [7, 11) is 0. The molecule has 0 aromatic heterocycles. The number of rotatable bonds is 0. The zero-order valence-electron chi connectivity index (χ0n) is 6.51. The van der Waals surface area contributed by atoms with Gasteiger partial charge in [0.05, 0.1) is 0 Å². The van der Waals surface area contributed by atoms with Gasteiger partial charge in [-0.2, -0.15) is 0 Å². The van der Waals surface area contributed by atoms with Crippen LogP contribution in [0.4, 0.5) is 4.79 Å². The molecule has 0 saturated carbocycles. The predicted molar refractivity (Wildman–Crippen MR) is 19.7 cm³/mol. The summed E-state index contributed by atoms with van der Waals surface area (Å²) in [5, 5.41) is 13.9. The molecule has 6 heavy (non-hydrogen) atoms. The molecule has 2 N–H and O–H groups in total. The van der Waals surface area contributed by atoms with Gasteiger partial charge in [0.1, 0.15) is 0 Å². The van der Waals surface area contributed by atoms with E-state index in [1.807, 2.05) is 0 Å². The average Bonchev–Trinajstić information content (AvgIpc) is 0.811. The van der Waals surface area contributed by atoms with E-state index >= 15 is 0 Å². The summed E-state index contributed by atoms with van der Waals surface area (Å²) in [4.78, 5) is 8.56. The van der Waals surface area contributed by atoms with Crippen molar-refractivity contribution >= 4 is 29.2 Å². The van der Waals surface area contributed by atoms with Crippen LogP contribution in [0.2, 0.25) is 0 Å². The first-order valence-corrected chi connectivity index (χ1v) is 0.651. The maximum atomic E-state index is 8.56. The monoisotopic (exact) mass is 128 g/mol. The van der Waals surface area contributed by atoms with Crippen LogP contribution in [0, 0.1) is 0 Å². The Balaban J connectivity index is -0.00000000450. The summed E-state index contributed by atoms with van der Waals surface area (Å²) in [6, 6.07) is 0. The Labute approximate surface area is 98.1 Å². The molecule has 5 heteroatoms. The van der Waals surface area contributed by atoms with Crippen LogP contribution in [0.25, 0.3) is 0 Å². The summed E-state index contributed by atoms with van der Waals surface area (Å²) in [6.07, 6.45) is -1.83. The topological polar surface area (TPSA) is 57.5 Å². The molecule has 0 atom stereocenters. The molecule has 0 aliphatic rings. The van der Waals surface area contributed by atoms with Gasteiger partial charge in [0.25, 0.3) is 0 Å². The number of hydrogen-bond donors (Lipinski definition) is 2. The van der Waals surface area contributed by atoms with Crippen molar-refractivity contribution in [2.75, 3.05) is 0 Å². The molecule has 30 valence electrons. The Bertz CT molecular complexity index is 42.0. The molecule has 0 radical (unpaired) electrons. The van der Waals surface area contributed by atoms with E-state index in [9.17, 15) is 0 Å². The fourth-order valence-corrected chi connectivity index (χ4v) is 0. The molecule has 3 nitrogen and oxygen atoms in total. The van der Waals surface area contributed by atoms with E-state index in [0.29, 0.717) is 0 Å². The molecule has 0 spiro atoms. The van der Waals surface area contributed by atoms with E-state index in [4.69, 9.17) is 15.0 Å². The second-order valence-corrected chi connectivity index (χ2v) is 0.283. The number of hydrogen-bond acceptors (Lipinski definition) is 1. The molecule has 0 unspecified atom stereocenters. The SMILES string of the molecule is O=C(O)O.[H-].[H-].[H-].[K+].[Mg+2]. The smallest absolute Gasteiger partial charge is 1.00 e. The Kier molecular flexibility index (Phi) is 25.6. The fraction of sp³-hybridized carbons (Fsp3) is 0. The molecule has 0 saturated heterocycles. The first-order chi connectivity index (χ1) is 1.73. The second kappa shape index (κ2) is 9.83. The van der Waals surface area contributed by atoms with Crippen LogP contribution in [-0.4, -0.2) is 39.4 Å². The molecule has 0 rings (SSSR count). The van der Waals surface area contributed by atoms with Crippen LogP contribution < -0.4 is 51.4 Å². The van der Waals surface area contributed by atoms with Crippen molar-refractivity contribution in [2.45, 2.75) is 0 Å². The Hall–Kier alpha value is 1.67. The third-order valence-corrected chi connectivity index (χ3v) is 0. The Morgan fingerprint density at radius 2 is 1.50 bits per heavy atom. The second-order valence-electron chi connectivity index (χ2n) is 0.283. The van der Waals surface area contributed by atoms with Gasteiger partial charge in [-0.1, -0.05) is 0 Å². The van der Waals surface area contributed by atoms with Gasteiger partial charge in [-0.25, -0.2) is 4.79 Å². The summed E-state index contributed by atoms with van der Waals surface area (Å²) in [5.41, 5.74) is 0. The zero-order chi connectivity index (χ0) is 3.58. The summed E-state index contributed by atoms with van der Waals surface area (Å²) in [6.45, 7) is 0. The molecule has 0 fully saturated rings. The molecule has 0 aromatic carbocycles. The molecule has 0 amide bonds. The minimum atomic E-state index is -1.83. The summed E-state index contributed by atoms with van der Waals surface area (Å²) in [5.74, 6) is 0. The average molecular weight is 128 g/mol. The van der Waals surface area contributed by atoms with Crippen molar-refractivity contribution < 1.29 is 70.7 Å². The Morgan fingerprint density at radius 3 is 1.50 bits per heavy atom. The van der Waals surface area contributed by atoms with Gasteiger partial charge >= 0.3 is 80.6 Å². The van der Waals surface area contributed by atoms with Crippen LogP contribution in [0.1, 0.15) is 4.28 Å². The van der Waals surface area contributed by atoms with E-state index < -0.39 is 6.16 Å². The van der Waals surface area contributed by atoms with Crippen LogP contribution >= 0.6 is 0 Å². The number of carbonyl (C=O) groups is 1. The molecule has 0 aliphatic heterocycles. The standard InChI is InChI=1S/CH2O3.K.Mg.3H/c2-1(3)4;;;;;/h(H2,2,3,4);;;;;/q;+1;+2;3*-1. The van der Waals surface area contributed by atoms with Crippen LogP contribution in [0.5, 0.6) is 0 Å². The van der Waals surface area contributed by atoms with E-state index in [0.717, 1.165) is 0 Å². The molecule has 0 aromatic rings. The van der Waals surface area contributed by atoms with Gasteiger partial charge in [-0.05, 0) is 0 Å². The van der Waals surface area contributed by atoms with Gasteiger partial charge < -0.3 is 14.5 Å². The van der Waals surface area contributed by atoms with E-state index in [1.165, 1.54) is 0 Å². The van der Waals surface area contributed by atoms with Crippen molar-refractivity contribution in [3.63, 3.8) is 0 Å². The van der Waals surface area contributed by atoms with Crippen molar-refractivity contribution in [1.82, 2.24) is 0 Å². The molecular weight excluding hydrogens is 123 g/mol. The van der Waals surface area contributed by atoms with Crippen LogP contribution in [0.3, 0.4) is 0 Å². The van der Waals surface area contributed by atoms with E-state index in [1.54, 1.807) is 0 Å². The number of carboxylic acid groups (broad SMARTS) is 2. The molecule has 0 bridgehead atoms. The Morgan fingerprint density at radius 1 is 1.50 bits per heavy atom. The minimum absolute atomic E-state index is 0. The fourth-order valence-electron chi connectivity index (χ4n) is 0. The van der Waals surface area contributed by atoms with Crippen molar-refractivity contribution in [3.05, 3.63) is 0 Å². The van der Waals surface area contributed by atoms with Gasteiger partial charge in [0, 0.05) is 0 Å². The van der Waals surface area contributed by atoms with Gasteiger partial charge in [-0.3, -0.25) is 0 Å². The van der Waals surface area contributed by atoms with Crippen molar-refractivity contribution in [2.24, 2.45) is 0 Å².